The number of hydrogen-bond donors (Lipinski definition) is 2. The molecule has 2 aromatic carbocycles. The Morgan fingerprint density at radius 2 is 2.02 bits per heavy atom. The van der Waals surface area contributed by atoms with E-state index in [2.05, 4.69) is 20.3 Å². The van der Waals surface area contributed by atoms with Crippen LogP contribution in [0, 0.1) is 5.82 Å². The largest absolute Gasteiger partial charge is 0.498 e. The first-order valence-corrected chi connectivity index (χ1v) is 14.0. The van der Waals surface area contributed by atoms with Crippen LogP contribution in [0.1, 0.15) is 40.5 Å². The van der Waals surface area contributed by atoms with Crippen molar-refractivity contribution < 1.29 is 33.4 Å². The molecular formula is C29H30FN5O5S. The summed E-state index contributed by atoms with van der Waals surface area (Å²) in [4.78, 5) is 38.6. The summed E-state index contributed by atoms with van der Waals surface area (Å²) in [5, 5.41) is 29.1. The van der Waals surface area contributed by atoms with Crippen LogP contribution >= 0.6 is 11.3 Å². The first-order valence-electron chi connectivity index (χ1n) is 13.1. The van der Waals surface area contributed by atoms with Crippen LogP contribution in [0.3, 0.4) is 0 Å². The molecule has 0 radical (unpaired) electrons. The number of hydrogen-bond acceptors (Lipinski definition) is 9. The first-order chi connectivity index (χ1) is 19.3. The molecule has 3 unspecified atom stereocenters. The number of carbonyl (C=O) groups excluding carboxylic acids is 1. The minimum atomic E-state index is -1.71. The van der Waals surface area contributed by atoms with Crippen LogP contribution in [0.2, 0.25) is 0 Å². The molecule has 5 rings (SSSR count). The number of amides is 1. The van der Waals surface area contributed by atoms with Crippen molar-refractivity contribution in [2.45, 2.75) is 57.7 Å². The van der Waals surface area contributed by atoms with Gasteiger partial charge in [-0.15, -0.1) is 11.3 Å². The Morgan fingerprint density at radius 3 is 2.66 bits per heavy atom. The molecule has 1 fully saturated rings. The van der Waals surface area contributed by atoms with Crippen molar-refractivity contribution in [1.82, 2.24) is 15.0 Å². The van der Waals surface area contributed by atoms with E-state index in [4.69, 9.17) is 4.74 Å². The van der Waals surface area contributed by atoms with Crippen LogP contribution in [-0.2, 0) is 4.79 Å². The summed E-state index contributed by atoms with van der Waals surface area (Å²) >= 11 is 1.42. The van der Waals surface area contributed by atoms with Gasteiger partial charge >= 0.3 is 5.97 Å². The van der Waals surface area contributed by atoms with Crippen LogP contribution in [0.4, 0.5) is 20.8 Å². The third-order valence-corrected chi connectivity index (χ3v) is 8.70. The minimum Gasteiger partial charge on any atom is -0.498 e. The van der Waals surface area contributed by atoms with Gasteiger partial charge < -0.3 is 25.1 Å². The number of carbonyl (C=O) groups is 2. The van der Waals surface area contributed by atoms with E-state index < -0.39 is 39.5 Å². The average Bonchev–Trinajstić information content (AvgIpc) is 3.42. The number of carboxylic acids is 1. The number of nitrogens with zero attached hydrogens (tertiary/aromatic N) is 4. The molecule has 2 aromatic heterocycles. The van der Waals surface area contributed by atoms with Gasteiger partial charge in [-0.2, -0.15) is 0 Å². The molecule has 214 valence electrons. The van der Waals surface area contributed by atoms with E-state index in [1.807, 2.05) is 11.4 Å². The Hall–Kier alpha value is -4.16. The van der Waals surface area contributed by atoms with Gasteiger partial charge in [-0.05, 0) is 45.0 Å². The second-order valence-corrected chi connectivity index (χ2v) is 12.2. The molecule has 0 bridgehead atoms. The molecule has 3 heterocycles. The Kier molecular flexibility index (Phi) is 7.16. The number of aromatic nitrogens is 3. The van der Waals surface area contributed by atoms with Gasteiger partial charge in [0.15, 0.2) is 0 Å². The zero-order valence-electron chi connectivity index (χ0n) is 23.1. The summed E-state index contributed by atoms with van der Waals surface area (Å²) in [7, 11) is 0. The fourth-order valence-corrected chi connectivity index (χ4v) is 6.55. The van der Waals surface area contributed by atoms with Crippen LogP contribution in [0.25, 0.3) is 21.5 Å². The van der Waals surface area contributed by atoms with Crippen molar-refractivity contribution in [3.63, 3.8) is 0 Å². The molecule has 2 N–H and O–H groups in total. The lowest BCUT2D eigenvalue weighted by Gasteiger charge is -2.59. The molecule has 10 nitrogen and oxygen atoms in total. The van der Waals surface area contributed by atoms with E-state index in [0.29, 0.717) is 39.3 Å². The number of piperidine rings is 1. The van der Waals surface area contributed by atoms with Gasteiger partial charge in [-0.1, -0.05) is 6.07 Å². The lowest BCUT2D eigenvalue weighted by molar-refractivity contribution is -0.960. The van der Waals surface area contributed by atoms with Gasteiger partial charge in [0.1, 0.15) is 22.7 Å². The summed E-state index contributed by atoms with van der Waals surface area (Å²) in [5.74, 6) is -0.934. The molecular weight excluding hydrogens is 549 g/mol. The summed E-state index contributed by atoms with van der Waals surface area (Å²) < 4.78 is 19.4. The first kappa shape index (κ1) is 28.4. The molecule has 0 spiro atoms. The number of halogens is 1. The van der Waals surface area contributed by atoms with E-state index >= 15 is 0 Å². The number of rotatable bonds is 6. The van der Waals surface area contributed by atoms with Crippen LogP contribution in [0.5, 0.6) is 5.75 Å². The molecule has 3 atom stereocenters. The van der Waals surface area contributed by atoms with Gasteiger partial charge in [-0.25, -0.2) is 24.1 Å². The van der Waals surface area contributed by atoms with Crippen molar-refractivity contribution in [3.05, 3.63) is 60.0 Å². The highest BCUT2D eigenvalue weighted by Crippen LogP contribution is 2.45. The molecule has 1 aliphatic rings. The number of benzene rings is 2. The highest BCUT2D eigenvalue weighted by molar-refractivity contribution is 7.13. The van der Waals surface area contributed by atoms with Crippen LogP contribution in [0.15, 0.2) is 54.2 Å². The Balaban J connectivity index is 1.53. The van der Waals surface area contributed by atoms with E-state index in [-0.39, 0.29) is 18.9 Å². The maximum Gasteiger partial charge on any atom is 0.366 e. The van der Waals surface area contributed by atoms with Gasteiger partial charge in [0.05, 0.1) is 29.6 Å². The van der Waals surface area contributed by atoms with Gasteiger partial charge in [0, 0.05) is 48.3 Å². The van der Waals surface area contributed by atoms with E-state index in [1.54, 1.807) is 51.4 Å². The number of quaternary nitrogens is 1. The molecule has 0 aliphatic carbocycles. The summed E-state index contributed by atoms with van der Waals surface area (Å²) in [5.41, 5.74) is -0.929. The molecule has 0 saturated carbocycles. The second-order valence-electron chi connectivity index (χ2n) is 11.4. The topological polar surface area (TPSA) is 137 Å². The maximum absolute atomic E-state index is 13.7. The lowest BCUT2D eigenvalue weighted by atomic mass is 9.79. The normalized spacial score (nSPS) is 22.8. The zero-order chi connectivity index (χ0) is 29.6. The number of ether oxygens (including phenoxy) is 1. The fraction of sp³-hybridized carbons (Fsp3) is 0.345. The molecule has 1 amide bonds. The maximum atomic E-state index is 13.7. The highest BCUT2D eigenvalue weighted by atomic mass is 32.1. The smallest absolute Gasteiger partial charge is 0.366 e. The SMILES string of the molecule is CC(C)(C)[N+]1(C(=O)[O-])CCC(Oc2cc3nc(Nc4cccc(F)c4)ncc3cc2-c2nccs2)CC1(C)C(=O)O. The van der Waals surface area contributed by atoms with E-state index in [0.717, 1.165) is 0 Å². The summed E-state index contributed by atoms with van der Waals surface area (Å²) in [6.45, 7) is 6.60. The third kappa shape index (κ3) is 4.97. The Bertz CT molecular complexity index is 1630. The highest BCUT2D eigenvalue weighted by Gasteiger charge is 2.64. The fourth-order valence-electron chi connectivity index (χ4n) is 5.90. The summed E-state index contributed by atoms with van der Waals surface area (Å²) in [6.07, 6.45) is 1.52. The van der Waals surface area contributed by atoms with Gasteiger partial charge in [0.2, 0.25) is 11.5 Å². The quantitative estimate of drug-likeness (QED) is 0.303. The predicted octanol–water partition coefficient (Wildman–Crippen LogP) is 4.98. The lowest BCUT2D eigenvalue weighted by Crippen LogP contribution is -2.81. The number of aliphatic carboxylic acids is 1. The zero-order valence-corrected chi connectivity index (χ0v) is 23.9. The van der Waals surface area contributed by atoms with Crippen LogP contribution < -0.4 is 15.2 Å². The number of nitrogens with one attached hydrogen (secondary N) is 1. The number of likely N-dealkylation sites (tertiary alicyclic amines) is 1. The second kappa shape index (κ2) is 10.3. The predicted molar refractivity (Wildman–Crippen MR) is 150 cm³/mol. The van der Waals surface area contributed by atoms with Crippen LogP contribution in [-0.4, -0.2) is 60.3 Å². The van der Waals surface area contributed by atoms with Crippen molar-refractivity contribution in [2.24, 2.45) is 0 Å². The molecule has 12 heteroatoms. The third-order valence-electron chi connectivity index (χ3n) is 7.89. The molecule has 4 aromatic rings. The van der Waals surface area contributed by atoms with Crippen molar-refractivity contribution in [2.75, 3.05) is 11.9 Å². The van der Waals surface area contributed by atoms with Crippen molar-refractivity contribution >= 4 is 45.9 Å². The molecule has 1 saturated heterocycles. The molecule has 1 aliphatic heterocycles. The number of carboxylic acid groups (broad SMARTS) is 2. The van der Waals surface area contributed by atoms with Crippen molar-refractivity contribution in [1.29, 1.82) is 0 Å². The van der Waals surface area contributed by atoms with E-state index in [1.165, 1.54) is 30.4 Å². The van der Waals surface area contributed by atoms with Crippen molar-refractivity contribution in [3.8, 4) is 16.3 Å². The Labute approximate surface area is 240 Å². The molecule has 41 heavy (non-hydrogen) atoms. The van der Waals surface area contributed by atoms with E-state index in [9.17, 15) is 24.2 Å². The number of anilines is 2. The van der Waals surface area contributed by atoms with Gasteiger partial charge in [-0.3, -0.25) is 4.48 Å². The summed E-state index contributed by atoms with van der Waals surface area (Å²) in [6, 6.07) is 9.54. The minimum absolute atomic E-state index is 0.0172. The standard InChI is InChI=1S/C29H30FN5O5S/c1-28(2,3)35(27(38)39)10-8-20(15-29(35,4)25(36)37)40-23-14-22-17(12-21(23)24-31-9-11-41-24)16-32-26(34-22)33-19-7-5-6-18(30)13-19/h5-7,9,11-14,16,20H,8,10,15H2,1-4H3,(H2-,31,32,33,34,36,37,38,39). The number of thiazole rings is 1. The monoisotopic (exact) mass is 579 g/mol. The number of fused-ring (bicyclic) bond motifs is 1. The Morgan fingerprint density at radius 1 is 1.24 bits per heavy atom. The van der Waals surface area contributed by atoms with Gasteiger partial charge in [0.25, 0.3) is 6.09 Å². The average molecular weight is 580 g/mol.